The number of nitrogens with two attached hydrogens (primary N) is 1. The number of nitrogens with one attached hydrogen (secondary N) is 1. The van der Waals surface area contributed by atoms with Gasteiger partial charge in [0.05, 0.1) is 0 Å². The normalized spacial score (nSPS) is 10.4. The van der Waals surface area contributed by atoms with Gasteiger partial charge in [0.25, 0.3) is 0 Å². The van der Waals surface area contributed by atoms with Crippen LogP contribution in [0, 0.1) is 0 Å². The first kappa shape index (κ1) is 14.3. The highest BCUT2D eigenvalue weighted by Crippen LogP contribution is 2.07. The lowest BCUT2D eigenvalue weighted by atomic mass is 10.1. The summed E-state index contributed by atoms with van der Waals surface area (Å²) in [5.74, 6) is -0.367. The van der Waals surface area contributed by atoms with Crippen LogP contribution in [0.15, 0.2) is 54.6 Å². The summed E-state index contributed by atoms with van der Waals surface area (Å²) >= 11 is 0. The highest BCUT2D eigenvalue weighted by atomic mass is 16.1. The number of carbonyl (C=O) groups is 1. The zero-order chi connectivity index (χ0) is 14.2. The third-order valence-electron chi connectivity index (χ3n) is 3.20. The number of rotatable bonds is 7. The second kappa shape index (κ2) is 7.46. The summed E-state index contributed by atoms with van der Waals surface area (Å²) in [6, 6.07) is 17.9. The number of amides is 1. The summed E-state index contributed by atoms with van der Waals surface area (Å²) < 4.78 is 0. The number of carbonyl (C=O) groups excluding carboxylic acids is 1. The molecule has 0 aliphatic heterocycles. The van der Waals surface area contributed by atoms with E-state index in [-0.39, 0.29) is 5.91 Å². The van der Waals surface area contributed by atoms with Crippen molar-refractivity contribution in [3.8, 4) is 0 Å². The van der Waals surface area contributed by atoms with Crippen molar-refractivity contribution in [2.75, 3.05) is 6.54 Å². The highest BCUT2D eigenvalue weighted by Gasteiger charge is 2.01. The summed E-state index contributed by atoms with van der Waals surface area (Å²) in [6.07, 6.45) is 1.98. The molecule has 0 aromatic heterocycles. The standard InChI is InChI=1S/C17H20N2O/c18-17(20)16-10-4-8-14(12-16)9-5-11-19-13-15-6-2-1-3-7-15/h1-4,6-8,10,12,19H,5,9,11,13H2,(H2,18,20). The average Bonchev–Trinajstić information content (AvgIpc) is 2.48. The van der Waals surface area contributed by atoms with Crippen LogP contribution in [0.25, 0.3) is 0 Å². The molecule has 0 radical (unpaired) electrons. The van der Waals surface area contributed by atoms with Crippen LogP contribution in [-0.2, 0) is 13.0 Å². The molecule has 0 aliphatic rings. The van der Waals surface area contributed by atoms with Crippen LogP contribution in [0.4, 0.5) is 0 Å². The Morgan fingerprint density at radius 3 is 2.50 bits per heavy atom. The van der Waals surface area contributed by atoms with Crippen LogP contribution < -0.4 is 11.1 Å². The Morgan fingerprint density at radius 2 is 1.75 bits per heavy atom. The van der Waals surface area contributed by atoms with Gasteiger partial charge in [0.2, 0.25) is 5.91 Å². The predicted octanol–water partition coefficient (Wildman–Crippen LogP) is 2.51. The maximum Gasteiger partial charge on any atom is 0.248 e. The molecule has 0 aliphatic carbocycles. The van der Waals surface area contributed by atoms with Crippen molar-refractivity contribution >= 4 is 5.91 Å². The van der Waals surface area contributed by atoms with E-state index in [4.69, 9.17) is 5.73 Å². The van der Waals surface area contributed by atoms with Gasteiger partial charge < -0.3 is 11.1 Å². The van der Waals surface area contributed by atoms with Crippen molar-refractivity contribution in [2.45, 2.75) is 19.4 Å². The van der Waals surface area contributed by atoms with Crippen molar-refractivity contribution < 1.29 is 4.79 Å². The smallest absolute Gasteiger partial charge is 0.248 e. The fourth-order valence-electron chi connectivity index (χ4n) is 2.13. The first-order valence-corrected chi connectivity index (χ1v) is 6.89. The van der Waals surface area contributed by atoms with Gasteiger partial charge in [0.1, 0.15) is 0 Å². The Hall–Kier alpha value is -2.13. The van der Waals surface area contributed by atoms with Crippen LogP contribution in [0.5, 0.6) is 0 Å². The van der Waals surface area contributed by atoms with Crippen LogP contribution in [0.2, 0.25) is 0 Å². The van der Waals surface area contributed by atoms with Gasteiger partial charge in [-0.15, -0.1) is 0 Å². The Labute approximate surface area is 119 Å². The molecular weight excluding hydrogens is 248 g/mol. The molecule has 3 nitrogen and oxygen atoms in total. The van der Waals surface area contributed by atoms with E-state index < -0.39 is 0 Å². The maximum absolute atomic E-state index is 11.1. The third-order valence-corrected chi connectivity index (χ3v) is 3.20. The van der Waals surface area contributed by atoms with Crippen LogP contribution >= 0.6 is 0 Å². The minimum Gasteiger partial charge on any atom is -0.366 e. The Morgan fingerprint density at radius 1 is 1.00 bits per heavy atom. The molecule has 20 heavy (non-hydrogen) atoms. The van der Waals surface area contributed by atoms with Gasteiger partial charge in [-0.1, -0.05) is 42.5 Å². The molecule has 0 saturated heterocycles. The van der Waals surface area contributed by atoms with Gasteiger partial charge in [-0.05, 0) is 42.6 Å². The molecule has 0 saturated carbocycles. The molecule has 3 N–H and O–H groups in total. The lowest BCUT2D eigenvalue weighted by molar-refractivity contribution is 0.1000. The monoisotopic (exact) mass is 268 g/mol. The zero-order valence-electron chi connectivity index (χ0n) is 11.5. The Bertz CT molecular complexity index is 552. The minimum absolute atomic E-state index is 0.367. The molecule has 0 unspecified atom stereocenters. The van der Waals surface area contributed by atoms with Crippen molar-refractivity contribution in [2.24, 2.45) is 5.73 Å². The molecule has 2 aromatic rings. The van der Waals surface area contributed by atoms with Crippen molar-refractivity contribution in [1.29, 1.82) is 0 Å². The average molecular weight is 268 g/mol. The zero-order valence-corrected chi connectivity index (χ0v) is 11.5. The van der Waals surface area contributed by atoms with E-state index in [2.05, 4.69) is 17.4 Å². The molecule has 1 amide bonds. The number of aryl methyl sites for hydroxylation is 1. The first-order chi connectivity index (χ1) is 9.75. The van der Waals surface area contributed by atoms with Gasteiger partial charge >= 0.3 is 0 Å². The fraction of sp³-hybridized carbons (Fsp3) is 0.235. The molecule has 2 rings (SSSR count). The van der Waals surface area contributed by atoms with E-state index in [0.717, 1.165) is 31.5 Å². The molecule has 3 heteroatoms. The second-order valence-corrected chi connectivity index (χ2v) is 4.83. The van der Waals surface area contributed by atoms with E-state index in [1.54, 1.807) is 6.07 Å². The van der Waals surface area contributed by atoms with Gasteiger partial charge in [0.15, 0.2) is 0 Å². The lowest BCUT2D eigenvalue weighted by Gasteiger charge is -2.06. The molecule has 0 heterocycles. The largest absolute Gasteiger partial charge is 0.366 e. The lowest BCUT2D eigenvalue weighted by Crippen LogP contribution is -2.15. The molecular formula is C17H20N2O. The fourth-order valence-corrected chi connectivity index (χ4v) is 2.13. The SMILES string of the molecule is NC(=O)c1cccc(CCCNCc2ccccc2)c1. The Kier molecular flexibility index (Phi) is 5.33. The highest BCUT2D eigenvalue weighted by molar-refractivity contribution is 5.92. The molecule has 104 valence electrons. The van der Waals surface area contributed by atoms with E-state index in [1.165, 1.54) is 5.56 Å². The van der Waals surface area contributed by atoms with Gasteiger partial charge in [0, 0.05) is 12.1 Å². The van der Waals surface area contributed by atoms with Crippen LogP contribution in [0.1, 0.15) is 27.9 Å². The quantitative estimate of drug-likeness (QED) is 0.758. The summed E-state index contributed by atoms with van der Waals surface area (Å²) in [4.78, 5) is 11.1. The topological polar surface area (TPSA) is 55.1 Å². The summed E-state index contributed by atoms with van der Waals surface area (Å²) in [5.41, 5.74) is 8.31. The van der Waals surface area contributed by atoms with Crippen molar-refractivity contribution in [3.63, 3.8) is 0 Å². The number of hydrogen-bond donors (Lipinski definition) is 2. The molecule has 0 fully saturated rings. The van der Waals surface area contributed by atoms with E-state index in [9.17, 15) is 4.79 Å². The van der Waals surface area contributed by atoms with Gasteiger partial charge in [-0.2, -0.15) is 0 Å². The van der Waals surface area contributed by atoms with E-state index in [1.807, 2.05) is 36.4 Å². The molecule has 0 bridgehead atoms. The third kappa shape index (κ3) is 4.52. The number of primary amides is 1. The number of hydrogen-bond acceptors (Lipinski definition) is 2. The summed E-state index contributed by atoms with van der Waals surface area (Å²) in [5, 5.41) is 3.42. The second-order valence-electron chi connectivity index (χ2n) is 4.83. The predicted molar refractivity (Wildman–Crippen MR) is 81.4 cm³/mol. The summed E-state index contributed by atoms with van der Waals surface area (Å²) in [6.45, 7) is 1.85. The molecule has 0 atom stereocenters. The van der Waals surface area contributed by atoms with E-state index in [0.29, 0.717) is 5.56 Å². The van der Waals surface area contributed by atoms with Crippen LogP contribution in [-0.4, -0.2) is 12.5 Å². The van der Waals surface area contributed by atoms with E-state index >= 15 is 0 Å². The van der Waals surface area contributed by atoms with Crippen molar-refractivity contribution in [3.05, 3.63) is 71.3 Å². The number of benzene rings is 2. The first-order valence-electron chi connectivity index (χ1n) is 6.89. The Balaban J connectivity index is 1.71. The summed E-state index contributed by atoms with van der Waals surface area (Å²) in [7, 11) is 0. The minimum atomic E-state index is -0.367. The molecule has 0 spiro atoms. The van der Waals surface area contributed by atoms with Crippen molar-refractivity contribution in [1.82, 2.24) is 5.32 Å². The molecule has 2 aromatic carbocycles. The maximum atomic E-state index is 11.1. The van der Waals surface area contributed by atoms with Gasteiger partial charge in [-0.25, -0.2) is 0 Å². The van der Waals surface area contributed by atoms with Gasteiger partial charge in [-0.3, -0.25) is 4.79 Å². The van der Waals surface area contributed by atoms with Crippen LogP contribution in [0.3, 0.4) is 0 Å².